The molecule has 0 radical (unpaired) electrons. The fourth-order valence-electron chi connectivity index (χ4n) is 3.53. The molecule has 1 aliphatic rings. The van der Waals surface area contributed by atoms with Crippen LogP contribution >= 0.6 is 11.8 Å². The van der Waals surface area contributed by atoms with Crippen molar-refractivity contribution in [3.63, 3.8) is 0 Å². The number of nitrogens with zero attached hydrogens (tertiary/aromatic N) is 3. The van der Waals surface area contributed by atoms with Crippen molar-refractivity contribution >= 4 is 28.6 Å². The summed E-state index contributed by atoms with van der Waals surface area (Å²) in [6.07, 6.45) is 1.36. The predicted octanol–water partition coefficient (Wildman–Crippen LogP) is 5.59. The molecule has 1 atom stereocenters. The van der Waals surface area contributed by atoms with Crippen LogP contribution in [-0.4, -0.2) is 33.3 Å². The third-order valence-electron chi connectivity index (χ3n) is 4.82. The number of rotatable bonds is 4. The van der Waals surface area contributed by atoms with Gasteiger partial charge in [0.15, 0.2) is 0 Å². The van der Waals surface area contributed by atoms with E-state index in [9.17, 15) is 4.79 Å². The Morgan fingerprint density at radius 3 is 2.83 bits per heavy atom. The van der Waals surface area contributed by atoms with E-state index in [0.717, 1.165) is 18.6 Å². The molecule has 1 aliphatic heterocycles. The molecule has 0 spiro atoms. The fourth-order valence-corrected chi connectivity index (χ4v) is 4.31. The summed E-state index contributed by atoms with van der Waals surface area (Å²) in [4.78, 5) is 14.2. The molecule has 2 aromatic carbocycles. The molecule has 152 valence electrons. The predicted molar refractivity (Wildman–Crippen MR) is 113 cm³/mol. The van der Waals surface area contributed by atoms with Crippen LogP contribution in [0.1, 0.15) is 51.1 Å². The number of benzene rings is 2. The third-order valence-corrected chi connectivity index (χ3v) is 5.69. The summed E-state index contributed by atoms with van der Waals surface area (Å²) in [7, 11) is 0. The van der Waals surface area contributed by atoms with E-state index >= 15 is 0 Å². The van der Waals surface area contributed by atoms with Gasteiger partial charge in [0, 0.05) is 12.3 Å². The molecule has 0 N–H and O–H groups in total. The molecule has 6 nitrogen and oxygen atoms in total. The number of carbonyl (C=O) groups excluding carboxylic acids is 1. The number of fused-ring (bicyclic) bond motifs is 1. The number of amides is 1. The average molecular weight is 412 g/mol. The molecule has 0 saturated carbocycles. The SMILES string of the molecule is CC(C)(C)OC(=O)N1CCC[C@H]1c1nnc(SCc2cccc3ccccc23)o1. The number of hydrogen-bond acceptors (Lipinski definition) is 6. The summed E-state index contributed by atoms with van der Waals surface area (Å²) in [5, 5.41) is 11.4. The zero-order chi connectivity index (χ0) is 20.4. The third kappa shape index (κ3) is 4.56. The average Bonchev–Trinajstić information content (AvgIpc) is 3.34. The molecule has 3 aromatic rings. The summed E-state index contributed by atoms with van der Waals surface area (Å²) in [5.41, 5.74) is 0.697. The van der Waals surface area contributed by atoms with Gasteiger partial charge in [-0.2, -0.15) is 0 Å². The summed E-state index contributed by atoms with van der Waals surface area (Å²) in [5.74, 6) is 1.22. The molecular weight excluding hydrogens is 386 g/mol. The van der Waals surface area contributed by atoms with Crippen LogP contribution in [-0.2, 0) is 10.5 Å². The van der Waals surface area contributed by atoms with Gasteiger partial charge < -0.3 is 9.15 Å². The van der Waals surface area contributed by atoms with E-state index in [4.69, 9.17) is 9.15 Å². The van der Waals surface area contributed by atoms with Crippen LogP contribution in [0.3, 0.4) is 0 Å². The summed E-state index contributed by atoms with van der Waals surface area (Å²) in [6.45, 7) is 6.24. The van der Waals surface area contributed by atoms with Crippen molar-refractivity contribution in [3.05, 3.63) is 53.9 Å². The summed E-state index contributed by atoms with van der Waals surface area (Å²) < 4.78 is 11.4. The second-order valence-corrected chi connectivity index (χ2v) is 9.09. The Hall–Kier alpha value is -2.54. The maximum Gasteiger partial charge on any atom is 0.410 e. The minimum Gasteiger partial charge on any atom is -0.444 e. The quantitative estimate of drug-likeness (QED) is 0.522. The standard InChI is InChI=1S/C22H25N3O3S/c1-22(2,3)28-21(26)25-13-7-12-18(25)19-23-24-20(27-19)29-14-16-10-6-9-15-8-4-5-11-17(15)16/h4-6,8-11,18H,7,12-14H2,1-3H3/t18-/m0/s1. The zero-order valence-electron chi connectivity index (χ0n) is 16.9. The first-order valence-corrected chi connectivity index (χ1v) is 10.8. The highest BCUT2D eigenvalue weighted by molar-refractivity contribution is 7.98. The molecule has 29 heavy (non-hydrogen) atoms. The van der Waals surface area contributed by atoms with Gasteiger partial charge in [0.1, 0.15) is 11.6 Å². The molecule has 0 unspecified atom stereocenters. The lowest BCUT2D eigenvalue weighted by atomic mass is 10.1. The zero-order valence-corrected chi connectivity index (χ0v) is 17.7. The van der Waals surface area contributed by atoms with Crippen LogP contribution in [0.2, 0.25) is 0 Å². The molecule has 1 amide bonds. The Balaban J connectivity index is 1.45. The Bertz CT molecular complexity index is 1010. The highest BCUT2D eigenvalue weighted by Crippen LogP contribution is 2.34. The maximum absolute atomic E-state index is 12.5. The van der Waals surface area contributed by atoms with Crippen molar-refractivity contribution in [1.82, 2.24) is 15.1 Å². The van der Waals surface area contributed by atoms with Crippen molar-refractivity contribution in [1.29, 1.82) is 0 Å². The van der Waals surface area contributed by atoms with E-state index in [-0.39, 0.29) is 12.1 Å². The molecule has 7 heteroatoms. The minimum absolute atomic E-state index is 0.218. The Morgan fingerprint density at radius 2 is 2.00 bits per heavy atom. The number of carbonyl (C=O) groups is 1. The van der Waals surface area contributed by atoms with Crippen LogP contribution in [0.25, 0.3) is 10.8 Å². The number of hydrogen-bond donors (Lipinski definition) is 0. The van der Waals surface area contributed by atoms with Gasteiger partial charge in [-0.15, -0.1) is 10.2 Å². The maximum atomic E-state index is 12.5. The van der Waals surface area contributed by atoms with Gasteiger partial charge in [-0.1, -0.05) is 54.2 Å². The van der Waals surface area contributed by atoms with Gasteiger partial charge in [-0.3, -0.25) is 4.90 Å². The number of ether oxygens (including phenoxy) is 1. The van der Waals surface area contributed by atoms with Gasteiger partial charge in [-0.05, 0) is 49.9 Å². The number of thioether (sulfide) groups is 1. The smallest absolute Gasteiger partial charge is 0.410 e. The lowest BCUT2D eigenvalue weighted by Gasteiger charge is -2.27. The molecule has 0 bridgehead atoms. The highest BCUT2D eigenvalue weighted by Gasteiger charge is 2.36. The first-order valence-electron chi connectivity index (χ1n) is 9.83. The van der Waals surface area contributed by atoms with E-state index in [1.54, 1.807) is 4.90 Å². The van der Waals surface area contributed by atoms with Gasteiger partial charge >= 0.3 is 6.09 Å². The van der Waals surface area contributed by atoms with Gasteiger partial charge in [0.25, 0.3) is 5.22 Å². The van der Waals surface area contributed by atoms with E-state index in [2.05, 4.69) is 40.5 Å². The largest absolute Gasteiger partial charge is 0.444 e. The summed E-state index contributed by atoms with van der Waals surface area (Å²) >= 11 is 1.51. The Labute approximate surface area is 174 Å². The molecule has 2 heterocycles. The van der Waals surface area contributed by atoms with Crippen LogP contribution < -0.4 is 0 Å². The van der Waals surface area contributed by atoms with Crippen molar-refractivity contribution in [3.8, 4) is 0 Å². The fraction of sp³-hybridized carbons (Fsp3) is 0.409. The molecule has 0 aliphatic carbocycles. The molecule has 4 rings (SSSR count). The lowest BCUT2D eigenvalue weighted by molar-refractivity contribution is 0.0201. The van der Waals surface area contributed by atoms with Crippen LogP contribution in [0.15, 0.2) is 52.1 Å². The monoisotopic (exact) mass is 411 g/mol. The normalized spacial score (nSPS) is 17.1. The van der Waals surface area contributed by atoms with Gasteiger partial charge in [-0.25, -0.2) is 4.79 Å². The van der Waals surface area contributed by atoms with Crippen molar-refractivity contribution < 1.29 is 13.9 Å². The number of likely N-dealkylation sites (tertiary alicyclic amines) is 1. The molecule has 1 saturated heterocycles. The second kappa shape index (κ2) is 8.06. The van der Waals surface area contributed by atoms with Crippen LogP contribution in [0.4, 0.5) is 4.79 Å². The Morgan fingerprint density at radius 1 is 1.21 bits per heavy atom. The number of aromatic nitrogens is 2. The topological polar surface area (TPSA) is 68.5 Å². The van der Waals surface area contributed by atoms with Crippen molar-refractivity contribution in [2.45, 2.75) is 56.2 Å². The first-order chi connectivity index (χ1) is 13.9. The van der Waals surface area contributed by atoms with Crippen LogP contribution in [0, 0.1) is 0 Å². The van der Waals surface area contributed by atoms with Gasteiger partial charge in [0.05, 0.1) is 0 Å². The van der Waals surface area contributed by atoms with E-state index in [0.29, 0.717) is 17.7 Å². The molecule has 1 fully saturated rings. The van der Waals surface area contributed by atoms with E-state index in [1.807, 2.05) is 32.9 Å². The van der Waals surface area contributed by atoms with E-state index < -0.39 is 5.60 Å². The van der Waals surface area contributed by atoms with Crippen molar-refractivity contribution in [2.75, 3.05) is 6.54 Å². The first kappa shape index (κ1) is 19.8. The van der Waals surface area contributed by atoms with Crippen molar-refractivity contribution in [2.24, 2.45) is 0 Å². The minimum atomic E-state index is -0.529. The lowest BCUT2D eigenvalue weighted by Crippen LogP contribution is -2.36. The summed E-state index contributed by atoms with van der Waals surface area (Å²) in [6, 6.07) is 14.4. The highest BCUT2D eigenvalue weighted by atomic mass is 32.2. The molecule has 1 aromatic heterocycles. The van der Waals surface area contributed by atoms with E-state index in [1.165, 1.54) is 28.1 Å². The Kier molecular flexibility index (Phi) is 5.50. The van der Waals surface area contributed by atoms with Gasteiger partial charge in [0.2, 0.25) is 5.89 Å². The van der Waals surface area contributed by atoms with Crippen LogP contribution in [0.5, 0.6) is 0 Å². The molecular formula is C22H25N3O3S. The second-order valence-electron chi connectivity index (χ2n) is 8.16.